The van der Waals surface area contributed by atoms with Gasteiger partial charge >= 0.3 is 0 Å². The molecule has 0 aromatic heterocycles. The Morgan fingerprint density at radius 1 is 1.24 bits per heavy atom. The lowest BCUT2D eigenvalue weighted by Crippen LogP contribution is -2.29. The molecule has 1 aromatic carbocycles. The van der Waals surface area contributed by atoms with E-state index < -0.39 is 4.92 Å². The number of nitrogens with one attached hydrogen (secondary N) is 1. The molecule has 7 nitrogen and oxygen atoms in total. The molecule has 0 amide bonds. The smallest absolute Gasteiger partial charge is 0.296 e. The third-order valence-corrected chi connectivity index (χ3v) is 4.05. The lowest BCUT2D eigenvalue weighted by molar-refractivity contribution is -0.384. The zero-order valence-electron chi connectivity index (χ0n) is 11.8. The van der Waals surface area contributed by atoms with Gasteiger partial charge in [-0.1, -0.05) is 0 Å². The van der Waals surface area contributed by atoms with E-state index in [0.29, 0.717) is 23.3 Å². The van der Waals surface area contributed by atoms with E-state index in [0.717, 1.165) is 25.7 Å². The van der Waals surface area contributed by atoms with Gasteiger partial charge in [0.25, 0.3) is 5.69 Å². The van der Waals surface area contributed by atoms with Gasteiger partial charge in [0.15, 0.2) is 11.5 Å². The van der Waals surface area contributed by atoms with Crippen molar-refractivity contribution in [3.63, 3.8) is 0 Å². The summed E-state index contributed by atoms with van der Waals surface area (Å²) in [4.78, 5) is 10.8. The van der Waals surface area contributed by atoms with Crippen LogP contribution in [0.15, 0.2) is 12.1 Å². The number of nitro benzene ring substituents is 1. The van der Waals surface area contributed by atoms with Crippen molar-refractivity contribution in [2.24, 2.45) is 0 Å². The highest BCUT2D eigenvalue weighted by Gasteiger charge is 2.27. The number of nitrogens with zero attached hydrogens (tertiary/aromatic N) is 1. The second-order valence-electron chi connectivity index (χ2n) is 5.33. The average Bonchev–Trinajstić information content (AvgIpc) is 2.94. The molecule has 3 rings (SSSR count). The first-order chi connectivity index (χ1) is 10.2. The predicted octanol–water partition coefficient (Wildman–Crippen LogP) is 2.69. The summed E-state index contributed by atoms with van der Waals surface area (Å²) >= 11 is 0. The van der Waals surface area contributed by atoms with Crippen LogP contribution < -0.4 is 14.8 Å². The predicted molar refractivity (Wildman–Crippen MR) is 75.9 cm³/mol. The van der Waals surface area contributed by atoms with Crippen LogP contribution in [-0.2, 0) is 4.74 Å². The Bertz CT molecular complexity index is 540. The first-order valence-electron chi connectivity index (χ1n) is 7.04. The van der Waals surface area contributed by atoms with Gasteiger partial charge in [0.1, 0.15) is 5.69 Å². The zero-order valence-corrected chi connectivity index (χ0v) is 11.8. The molecule has 1 aliphatic heterocycles. The molecular weight excluding hydrogens is 276 g/mol. The van der Waals surface area contributed by atoms with Crippen LogP contribution in [0.3, 0.4) is 0 Å². The fourth-order valence-electron chi connectivity index (χ4n) is 2.86. The lowest BCUT2D eigenvalue weighted by atomic mass is 9.92. The van der Waals surface area contributed by atoms with Gasteiger partial charge in [-0.2, -0.15) is 0 Å². The summed E-state index contributed by atoms with van der Waals surface area (Å²) in [6.45, 7) is 0.106. The Labute approximate surface area is 122 Å². The topological polar surface area (TPSA) is 82.9 Å². The quantitative estimate of drug-likeness (QED) is 0.679. The Balaban J connectivity index is 1.77. The lowest BCUT2D eigenvalue weighted by Gasteiger charge is -2.28. The second kappa shape index (κ2) is 5.77. The van der Waals surface area contributed by atoms with E-state index in [1.54, 1.807) is 13.2 Å². The number of ether oxygens (including phenoxy) is 3. The van der Waals surface area contributed by atoms with E-state index in [-0.39, 0.29) is 18.5 Å². The minimum absolute atomic E-state index is 0.0214. The van der Waals surface area contributed by atoms with Gasteiger partial charge in [-0.3, -0.25) is 10.1 Å². The molecule has 21 heavy (non-hydrogen) atoms. The minimum atomic E-state index is -0.398. The van der Waals surface area contributed by atoms with Gasteiger partial charge in [-0.25, -0.2) is 0 Å². The fourth-order valence-corrected chi connectivity index (χ4v) is 2.86. The van der Waals surface area contributed by atoms with Crippen LogP contribution in [0.4, 0.5) is 11.4 Å². The van der Waals surface area contributed by atoms with Crippen LogP contribution in [0.5, 0.6) is 11.5 Å². The number of hydrogen-bond donors (Lipinski definition) is 1. The van der Waals surface area contributed by atoms with Crippen LogP contribution in [-0.4, -0.2) is 31.0 Å². The molecule has 0 saturated heterocycles. The van der Waals surface area contributed by atoms with Gasteiger partial charge in [-0.05, 0) is 25.7 Å². The summed E-state index contributed by atoms with van der Waals surface area (Å²) in [7, 11) is 1.72. The normalized spacial score (nSPS) is 23.9. The number of benzene rings is 1. The highest BCUT2D eigenvalue weighted by Crippen LogP contribution is 2.41. The maximum atomic E-state index is 11.2. The van der Waals surface area contributed by atoms with E-state index in [2.05, 4.69) is 5.32 Å². The van der Waals surface area contributed by atoms with Crippen molar-refractivity contribution in [3.05, 3.63) is 22.2 Å². The first kappa shape index (κ1) is 13.9. The molecule has 0 radical (unpaired) electrons. The molecule has 1 fully saturated rings. The molecule has 7 heteroatoms. The first-order valence-corrected chi connectivity index (χ1v) is 7.04. The zero-order chi connectivity index (χ0) is 14.8. The van der Waals surface area contributed by atoms with Crippen molar-refractivity contribution in [2.45, 2.75) is 37.8 Å². The van der Waals surface area contributed by atoms with Gasteiger partial charge in [0, 0.05) is 19.2 Å². The molecule has 0 spiro atoms. The fraction of sp³-hybridized carbons (Fsp3) is 0.571. The van der Waals surface area contributed by atoms with Gasteiger partial charge in [0.2, 0.25) is 6.79 Å². The molecule has 1 N–H and O–H groups in total. The molecule has 1 aliphatic carbocycles. The van der Waals surface area contributed by atoms with Gasteiger partial charge in [-0.15, -0.1) is 0 Å². The van der Waals surface area contributed by atoms with Crippen molar-refractivity contribution in [1.29, 1.82) is 0 Å². The van der Waals surface area contributed by atoms with Crippen LogP contribution in [0.2, 0.25) is 0 Å². The number of fused-ring (bicyclic) bond motifs is 1. The molecular formula is C14H18N2O5. The van der Waals surface area contributed by atoms with E-state index >= 15 is 0 Å². The summed E-state index contributed by atoms with van der Waals surface area (Å²) in [5, 5.41) is 14.5. The number of hydrogen-bond acceptors (Lipinski definition) is 6. The molecule has 0 atom stereocenters. The molecule has 1 heterocycles. The van der Waals surface area contributed by atoms with E-state index in [9.17, 15) is 10.1 Å². The maximum absolute atomic E-state index is 11.2. The molecule has 0 unspecified atom stereocenters. The summed E-state index contributed by atoms with van der Waals surface area (Å²) in [6, 6.07) is 3.30. The SMILES string of the molecule is COC1CCC(Nc2cc3c(cc2[N+](=O)[O-])OCO3)CC1. The van der Waals surface area contributed by atoms with Crippen molar-refractivity contribution in [3.8, 4) is 11.5 Å². The largest absolute Gasteiger partial charge is 0.454 e. The van der Waals surface area contributed by atoms with Crippen molar-refractivity contribution >= 4 is 11.4 Å². The molecule has 1 aromatic rings. The molecule has 114 valence electrons. The number of methoxy groups -OCH3 is 1. The number of nitro groups is 1. The Morgan fingerprint density at radius 2 is 1.90 bits per heavy atom. The van der Waals surface area contributed by atoms with Crippen molar-refractivity contribution < 1.29 is 19.1 Å². The van der Waals surface area contributed by atoms with Gasteiger partial charge < -0.3 is 19.5 Å². The summed E-state index contributed by atoms with van der Waals surface area (Å²) in [6.07, 6.45) is 4.10. The third kappa shape index (κ3) is 2.87. The summed E-state index contributed by atoms with van der Waals surface area (Å²) < 4.78 is 15.8. The van der Waals surface area contributed by atoms with E-state index in [1.807, 2.05) is 0 Å². The Kier molecular flexibility index (Phi) is 3.83. The number of anilines is 1. The van der Waals surface area contributed by atoms with Crippen LogP contribution in [0.25, 0.3) is 0 Å². The standard InChI is InChI=1S/C14H18N2O5/c1-19-10-4-2-9(3-5-10)15-11-6-13-14(21-8-20-13)7-12(11)16(17)18/h6-7,9-10,15H,2-5,8H2,1H3. The minimum Gasteiger partial charge on any atom is -0.454 e. The second-order valence-corrected chi connectivity index (χ2v) is 5.33. The summed E-state index contributed by atoms with van der Waals surface area (Å²) in [5.41, 5.74) is 0.512. The number of rotatable bonds is 4. The highest BCUT2D eigenvalue weighted by molar-refractivity contribution is 5.69. The van der Waals surface area contributed by atoms with Crippen molar-refractivity contribution in [2.75, 3.05) is 19.2 Å². The Hall–Kier alpha value is -2.02. The van der Waals surface area contributed by atoms with Crippen molar-refractivity contribution in [1.82, 2.24) is 0 Å². The maximum Gasteiger partial charge on any atom is 0.296 e. The van der Waals surface area contributed by atoms with E-state index in [1.165, 1.54) is 6.07 Å². The highest BCUT2D eigenvalue weighted by atomic mass is 16.7. The van der Waals surface area contributed by atoms with Crippen LogP contribution >= 0.6 is 0 Å². The summed E-state index contributed by atoms with van der Waals surface area (Å²) in [5.74, 6) is 0.976. The van der Waals surface area contributed by atoms with Crippen LogP contribution in [0.1, 0.15) is 25.7 Å². The molecule has 0 bridgehead atoms. The third-order valence-electron chi connectivity index (χ3n) is 4.05. The van der Waals surface area contributed by atoms with E-state index in [4.69, 9.17) is 14.2 Å². The average molecular weight is 294 g/mol. The monoisotopic (exact) mass is 294 g/mol. The molecule has 2 aliphatic rings. The van der Waals surface area contributed by atoms with Crippen LogP contribution in [0, 0.1) is 10.1 Å². The van der Waals surface area contributed by atoms with Gasteiger partial charge in [0.05, 0.1) is 17.1 Å². The molecule has 1 saturated carbocycles. The Morgan fingerprint density at radius 3 is 2.52 bits per heavy atom.